The van der Waals surface area contributed by atoms with E-state index >= 15 is 0 Å². The molecule has 0 spiro atoms. The number of hydrogen-bond acceptors (Lipinski definition) is 8. The number of nitrogens with zero attached hydrogens (tertiary/aromatic N) is 3. The average molecular weight is 429 g/mol. The van der Waals surface area contributed by atoms with Crippen LogP contribution in [0.5, 0.6) is 23.0 Å². The van der Waals surface area contributed by atoms with Crippen LogP contribution in [0.15, 0.2) is 30.3 Å². The van der Waals surface area contributed by atoms with E-state index in [9.17, 15) is 4.79 Å². The second-order valence-electron chi connectivity index (χ2n) is 7.03. The lowest BCUT2D eigenvalue weighted by atomic mass is 10.1. The predicted molar refractivity (Wildman–Crippen MR) is 116 cm³/mol. The number of amides is 1. The summed E-state index contributed by atoms with van der Waals surface area (Å²) in [6.45, 7) is 1.38. The largest absolute Gasteiger partial charge is 0.497 e. The van der Waals surface area contributed by atoms with Crippen molar-refractivity contribution >= 4 is 32.6 Å². The first-order valence-electron chi connectivity index (χ1n) is 9.38. The van der Waals surface area contributed by atoms with E-state index in [0.717, 1.165) is 10.2 Å². The van der Waals surface area contributed by atoms with Gasteiger partial charge in [-0.15, -0.1) is 0 Å². The Bertz CT molecular complexity index is 1020. The standard InChI is InChI=1S/C21H23N3O5S/c1-23(2)5-6-24(20(25)13-7-14(26-3)9-15(8-13)27-4)21-22-16-10-17-18(29-12-28-17)11-19(16)30-21/h7-11H,5-6,12H2,1-4H3. The number of carbonyl (C=O) groups excluding carboxylic acids is 1. The highest BCUT2D eigenvalue weighted by Crippen LogP contribution is 2.40. The van der Waals surface area contributed by atoms with Gasteiger partial charge in [0.15, 0.2) is 16.6 Å². The van der Waals surface area contributed by atoms with Gasteiger partial charge in [-0.05, 0) is 26.2 Å². The molecule has 0 saturated heterocycles. The summed E-state index contributed by atoms with van der Waals surface area (Å²) in [5.74, 6) is 2.30. The van der Waals surface area contributed by atoms with Crippen LogP contribution in [-0.2, 0) is 0 Å². The Morgan fingerprint density at radius 1 is 1.03 bits per heavy atom. The molecule has 0 atom stereocenters. The van der Waals surface area contributed by atoms with E-state index in [4.69, 9.17) is 23.9 Å². The van der Waals surface area contributed by atoms with Crippen molar-refractivity contribution in [1.82, 2.24) is 9.88 Å². The van der Waals surface area contributed by atoms with Crippen LogP contribution in [0.1, 0.15) is 10.4 Å². The van der Waals surface area contributed by atoms with Crippen molar-refractivity contribution < 1.29 is 23.7 Å². The van der Waals surface area contributed by atoms with Gasteiger partial charge in [-0.25, -0.2) is 4.98 Å². The summed E-state index contributed by atoms with van der Waals surface area (Å²) in [6.07, 6.45) is 0. The van der Waals surface area contributed by atoms with Gasteiger partial charge in [-0.1, -0.05) is 11.3 Å². The van der Waals surface area contributed by atoms with Crippen LogP contribution in [0.25, 0.3) is 10.2 Å². The second kappa shape index (κ2) is 8.37. The molecule has 30 heavy (non-hydrogen) atoms. The highest BCUT2D eigenvalue weighted by Gasteiger charge is 2.24. The van der Waals surface area contributed by atoms with Crippen molar-refractivity contribution in [2.45, 2.75) is 0 Å². The third-order valence-corrected chi connectivity index (χ3v) is 5.76. The molecule has 0 fully saturated rings. The van der Waals surface area contributed by atoms with E-state index in [1.165, 1.54) is 11.3 Å². The van der Waals surface area contributed by atoms with Gasteiger partial charge in [-0.3, -0.25) is 9.69 Å². The van der Waals surface area contributed by atoms with Crippen LogP contribution >= 0.6 is 11.3 Å². The van der Waals surface area contributed by atoms with E-state index in [1.54, 1.807) is 37.3 Å². The van der Waals surface area contributed by atoms with Crippen LogP contribution in [0, 0.1) is 0 Å². The lowest BCUT2D eigenvalue weighted by molar-refractivity contribution is 0.0984. The van der Waals surface area contributed by atoms with Gasteiger partial charge in [0.25, 0.3) is 5.91 Å². The number of methoxy groups -OCH3 is 2. The summed E-state index contributed by atoms with van der Waals surface area (Å²) in [5, 5.41) is 0.613. The Hall–Kier alpha value is -3.04. The van der Waals surface area contributed by atoms with Gasteiger partial charge in [-0.2, -0.15) is 0 Å². The number of ether oxygens (including phenoxy) is 4. The Morgan fingerprint density at radius 3 is 2.33 bits per heavy atom. The maximum atomic E-state index is 13.5. The van der Waals surface area contributed by atoms with Crippen LogP contribution < -0.4 is 23.8 Å². The summed E-state index contributed by atoms with van der Waals surface area (Å²) < 4.78 is 22.5. The molecule has 4 rings (SSSR count). The molecule has 3 aromatic rings. The molecule has 0 N–H and O–H groups in total. The minimum absolute atomic E-state index is 0.173. The first-order chi connectivity index (χ1) is 14.5. The molecule has 0 saturated carbocycles. The number of fused-ring (bicyclic) bond motifs is 2. The van der Waals surface area contributed by atoms with Gasteiger partial charge in [0.2, 0.25) is 6.79 Å². The van der Waals surface area contributed by atoms with Crippen LogP contribution in [-0.4, -0.2) is 64.0 Å². The molecule has 1 aliphatic rings. The van der Waals surface area contributed by atoms with Crippen molar-refractivity contribution in [2.75, 3.05) is 53.1 Å². The molecule has 0 unspecified atom stereocenters. The van der Waals surface area contributed by atoms with Gasteiger partial charge in [0, 0.05) is 36.9 Å². The van der Waals surface area contributed by atoms with E-state index in [-0.39, 0.29) is 12.7 Å². The number of carbonyl (C=O) groups is 1. The molecule has 0 radical (unpaired) electrons. The zero-order valence-corrected chi connectivity index (χ0v) is 18.1. The highest BCUT2D eigenvalue weighted by molar-refractivity contribution is 7.22. The molecular formula is C21H23N3O5S. The van der Waals surface area contributed by atoms with E-state index in [1.807, 2.05) is 31.1 Å². The van der Waals surface area contributed by atoms with Crippen molar-refractivity contribution in [2.24, 2.45) is 0 Å². The Balaban J connectivity index is 1.73. The first-order valence-corrected chi connectivity index (χ1v) is 10.2. The number of rotatable bonds is 7. The zero-order valence-electron chi connectivity index (χ0n) is 17.3. The Kier molecular flexibility index (Phi) is 5.65. The Labute approximate surface area is 178 Å². The topological polar surface area (TPSA) is 73.4 Å². The maximum Gasteiger partial charge on any atom is 0.260 e. The van der Waals surface area contributed by atoms with Gasteiger partial charge >= 0.3 is 0 Å². The summed E-state index contributed by atoms with van der Waals surface area (Å²) in [5.41, 5.74) is 1.24. The zero-order chi connectivity index (χ0) is 21.3. The molecule has 0 aliphatic carbocycles. The number of likely N-dealkylation sites (N-methyl/N-ethyl adjacent to an activating group) is 1. The fourth-order valence-corrected chi connectivity index (χ4v) is 4.09. The Morgan fingerprint density at radius 2 is 1.70 bits per heavy atom. The normalized spacial score (nSPS) is 12.4. The van der Waals surface area contributed by atoms with E-state index in [2.05, 4.69) is 0 Å². The quantitative estimate of drug-likeness (QED) is 0.571. The number of thiazole rings is 1. The maximum absolute atomic E-state index is 13.5. The van der Waals surface area contributed by atoms with Crippen molar-refractivity contribution in [3.05, 3.63) is 35.9 Å². The predicted octanol–water partition coefficient (Wildman–Crippen LogP) is 3.25. The summed E-state index contributed by atoms with van der Waals surface area (Å²) in [6, 6.07) is 8.90. The highest BCUT2D eigenvalue weighted by atomic mass is 32.1. The number of anilines is 1. The molecule has 8 nitrogen and oxygen atoms in total. The van der Waals surface area contributed by atoms with E-state index < -0.39 is 0 Å². The van der Waals surface area contributed by atoms with Crippen molar-refractivity contribution in [3.63, 3.8) is 0 Å². The van der Waals surface area contributed by atoms with Crippen molar-refractivity contribution in [1.29, 1.82) is 0 Å². The molecule has 1 amide bonds. The minimum Gasteiger partial charge on any atom is -0.497 e. The third-order valence-electron chi connectivity index (χ3n) is 4.72. The third kappa shape index (κ3) is 3.99. The van der Waals surface area contributed by atoms with Crippen LogP contribution in [0.3, 0.4) is 0 Å². The molecule has 158 valence electrons. The summed E-state index contributed by atoms with van der Waals surface area (Å²) in [7, 11) is 7.05. The number of aromatic nitrogens is 1. The summed E-state index contributed by atoms with van der Waals surface area (Å²) >= 11 is 1.44. The van der Waals surface area contributed by atoms with Crippen LogP contribution in [0.2, 0.25) is 0 Å². The molecule has 1 aliphatic heterocycles. The molecule has 1 aromatic heterocycles. The van der Waals surface area contributed by atoms with Gasteiger partial charge in [0.1, 0.15) is 11.5 Å². The van der Waals surface area contributed by atoms with Crippen molar-refractivity contribution in [3.8, 4) is 23.0 Å². The monoisotopic (exact) mass is 429 g/mol. The molecule has 9 heteroatoms. The number of benzene rings is 2. The lowest BCUT2D eigenvalue weighted by Gasteiger charge is -2.22. The lowest BCUT2D eigenvalue weighted by Crippen LogP contribution is -2.36. The summed E-state index contributed by atoms with van der Waals surface area (Å²) in [4.78, 5) is 21.9. The first kappa shape index (κ1) is 20.2. The van der Waals surface area contributed by atoms with Gasteiger partial charge in [0.05, 0.1) is 24.4 Å². The minimum atomic E-state index is -0.173. The number of hydrogen-bond donors (Lipinski definition) is 0. The fourth-order valence-electron chi connectivity index (χ4n) is 3.09. The molecular weight excluding hydrogens is 406 g/mol. The average Bonchev–Trinajstić information content (AvgIpc) is 3.36. The molecule has 0 bridgehead atoms. The fraction of sp³-hybridized carbons (Fsp3) is 0.333. The SMILES string of the molecule is COc1cc(OC)cc(C(=O)N(CCN(C)C)c2nc3cc4c(cc3s2)OCO4)c1. The van der Waals surface area contributed by atoms with E-state index in [0.29, 0.717) is 46.8 Å². The molecule has 2 heterocycles. The van der Waals surface area contributed by atoms with Crippen LogP contribution in [0.4, 0.5) is 5.13 Å². The molecule has 2 aromatic carbocycles. The smallest absolute Gasteiger partial charge is 0.260 e. The van der Waals surface area contributed by atoms with Gasteiger partial charge < -0.3 is 23.8 Å². The second-order valence-corrected chi connectivity index (χ2v) is 8.04.